The maximum absolute atomic E-state index is 9.22. The zero-order valence-corrected chi connectivity index (χ0v) is 11.9. The molecular formula is C14H14N4S. The average molecular weight is 270 g/mol. The Balaban J connectivity index is 2.38. The largest absolute Gasteiger partial charge is 0.339 e. The fourth-order valence-corrected chi connectivity index (χ4v) is 2.17. The molecule has 0 fully saturated rings. The third-order valence-electron chi connectivity index (χ3n) is 2.89. The molecule has 1 aromatic heterocycles. The molecule has 0 saturated carbocycles. The summed E-state index contributed by atoms with van der Waals surface area (Å²) in [6.45, 7) is 4.12. The van der Waals surface area contributed by atoms with Crippen molar-refractivity contribution < 1.29 is 0 Å². The van der Waals surface area contributed by atoms with E-state index in [0.717, 1.165) is 5.69 Å². The number of thioether (sulfide) groups is 1. The Labute approximate surface area is 116 Å². The summed E-state index contributed by atoms with van der Waals surface area (Å²) in [6, 6.07) is 8.21. The number of hydrogen-bond acceptors (Lipinski definition) is 5. The first-order valence-electron chi connectivity index (χ1n) is 5.79. The summed E-state index contributed by atoms with van der Waals surface area (Å²) in [5, 5.41) is 13.1. The van der Waals surface area contributed by atoms with E-state index < -0.39 is 0 Å². The number of hydrogen-bond donors (Lipinski definition) is 1. The van der Waals surface area contributed by atoms with Crippen LogP contribution in [-0.4, -0.2) is 16.2 Å². The molecule has 19 heavy (non-hydrogen) atoms. The monoisotopic (exact) mass is 270 g/mol. The molecule has 5 heteroatoms. The van der Waals surface area contributed by atoms with Crippen molar-refractivity contribution in [2.75, 3.05) is 11.6 Å². The van der Waals surface area contributed by atoms with Crippen molar-refractivity contribution in [2.24, 2.45) is 0 Å². The van der Waals surface area contributed by atoms with Crippen LogP contribution in [0.25, 0.3) is 0 Å². The summed E-state index contributed by atoms with van der Waals surface area (Å²) in [7, 11) is 0. The molecule has 0 radical (unpaired) electrons. The Hall–Kier alpha value is -2.06. The summed E-state index contributed by atoms with van der Waals surface area (Å²) in [6.07, 6.45) is 3.36. The number of nitrogens with one attached hydrogen (secondary N) is 1. The first-order valence-corrected chi connectivity index (χ1v) is 7.01. The summed E-state index contributed by atoms with van der Waals surface area (Å²) in [5.41, 5.74) is 3.83. The first-order chi connectivity index (χ1) is 9.15. The number of rotatable bonds is 3. The van der Waals surface area contributed by atoms with Gasteiger partial charge in [-0.15, -0.1) is 11.8 Å². The first kappa shape index (κ1) is 13.4. The predicted molar refractivity (Wildman–Crippen MR) is 77.7 cm³/mol. The van der Waals surface area contributed by atoms with Gasteiger partial charge < -0.3 is 5.32 Å². The third-order valence-corrected chi connectivity index (χ3v) is 3.58. The van der Waals surface area contributed by atoms with Crippen molar-refractivity contribution >= 4 is 23.3 Å². The Morgan fingerprint density at radius 2 is 2.00 bits per heavy atom. The Morgan fingerprint density at radius 1 is 1.21 bits per heavy atom. The SMILES string of the molecule is CSc1ncnc(Nc2ccc(C)c(C)c2)c1C#N. The van der Waals surface area contributed by atoms with Gasteiger partial charge in [0.05, 0.1) is 0 Å². The zero-order chi connectivity index (χ0) is 13.8. The molecule has 2 rings (SSSR count). The van der Waals surface area contributed by atoms with Crippen LogP contribution < -0.4 is 5.32 Å². The fraction of sp³-hybridized carbons (Fsp3) is 0.214. The second-order valence-electron chi connectivity index (χ2n) is 4.14. The standard InChI is InChI=1S/C14H14N4S/c1-9-4-5-11(6-10(9)2)18-13-12(7-15)14(19-3)17-8-16-13/h4-6,8H,1-3H3,(H,16,17,18). The lowest BCUT2D eigenvalue weighted by atomic mass is 10.1. The number of aromatic nitrogens is 2. The van der Waals surface area contributed by atoms with E-state index in [9.17, 15) is 5.26 Å². The van der Waals surface area contributed by atoms with E-state index in [1.807, 2.05) is 24.5 Å². The van der Waals surface area contributed by atoms with Crippen molar-refractivity contribution in [1.82, 2.24) is 9.97 Å². The van der Waals surface area contributed by atoms with Crippen LogP contribution in [0.1, 0.15) is 16.7 Å². The molecule has 4 nitrogen and oxygen atoms in total. The fourth-order valence-electron chi connectivity index (χ4n) is 1.68. The van der Waals surface area contributed by atoms with E-state index in [-0.39, 0.29) is 0 Å². The molecule has 0 aliphatic carbocycles. The summed E-state index contributed by atoms with van der Waals surface area (Å²) >= 11 is 1.44. The van der Waals surface area contributed by atoms with E-state index in [1.165, 1.54) is 29.2 Å². The van der Waals surface area contributed by atoms with Crippen molar-refractivity contribution in [3.05, 3.63) is 41.2 Å². The average Bonchev–Trinajstić information content (AvgIpc) is 2.42. The lowest BCUT2D eigenvalue weighted by molar-refractivity contribution is 1.03. The molecule has 0 atom stereocenters. The van der Waals surface area contributed by atoms with Crippen LogP contribution in [0.3, 0.4) is 0 Å². The summed E-state index contributed by atoms with van der Waals surface area (Å²) in [5.74, 6) is 0.546. The second kappa shape index (κ2) is 5.72. The van der Waals surface area contributed by atoms with Gasteiger partial charge in [0.25, 0.3) is 0 Å². The highest BCUT2D eigenvalue weighted by Gasteiger charge is 2.10. The molecule has 1 heterocycles. The Kier molecular flexibility index (Phi) is 4.03. The highest BCUT2D eigenvalue weighted by Crippen LogP contribution is 2.25. The van der Waals surface area contributed by atoms with Gasteiger partial charge in [-0.3, -0.25) is 0 Å². The maximum Gasteiger partial charge on any atom is 0.152 e. The number of aryl methyl sites for hydroxylation is 2. The van der Waals surface area contributed by atoms with Gasteiger partial charge >= 0.3 is 0 Å². The normalized spacial score (nSPS) is 10.0. The molecule has 0 saturated heterocycles. The minimum atomic E-state index is 0.480. The Bertz CT molecular complexity index is 646. The van der Waals surface area contributed by atoms with Crippen molar-refractivity contribution in [2.45, 2.75) is 18.9 Å². The van der Waals surface area contributed by atoms with Crippen LogP contribution in [0.2, 0.25) is 0 Å². The zero-order valence-electron chi connectivity index (χ0n) is 11.1. The molecule has 1 N–H and O–H groups in total. The molecule has 0 unspecified atom stereocenters. The predicted octanol–water partition coefficient (Wildman–Crippen LogP) is 3.43. The van der Waals surface area contributed by atoms with Crippen molar-refractivity contribution in [3.63, 3.8) is 0 Å². The minimum Gasteiger partial charge on any atom is -0.339 e. The van der Waals surface area contributed by atoms with Gasteiger partial charge in [-0.1, -0.05) is 6.07 Å². The van der Waals surface area contributed by atoms with Crippen LogP contribution >= 0.6 is 11.8 Å². The lowest BCUT2D eigenvalue weighted by Gasteiger charge is -2.10. The highest BCUT2D eigenvalue weighted by atomic mass is 32.2. The molecule has 0 aliphatic heterocycles. The smallest absolute Gasteiger partial charge is 0.152 e. The van der Waals surface area contributed by atoms with Gasteiger partial charge in [-0.05, 0) is 43.4 Å². The van der Waals surface area contributed by atoms with Gasteiger partial charge in [-0.25, -0.2) is 9.97 Å². The lowest BCUT2D eigenvalue weighted by Crippen LogP contribution is -2.00. The molecule has 0 bridgehead atoms. The molecule has 96 valence electrons. The van der Waals surface area contributed by atoms with Crippen LogP contribution in [0, 0.1) is 25.2 Å². The van der Waals surface area contributed by atoms with E-state index in [0.29, 0.717) is 16.4 Å². The molecular weight excluding hydrogens is 256 g/mol. The van der Waals surface area contributed by atoms with E-state index in [2.05, 4.69) is 35.2 Å². The van der Waals surface area contributed by atoms with Crippen LogP contribution in [0.4, 0.5) is 11.5 Å². The van der Waals surface area contributed by atoms with E-state index in [1.54, 1.807) is 0 Å². The summed E-state index contributed by atoms with van der Waals surface area (Å²) < 4.78 is 0. The highest BCUT2D eigenvalue weighted by molar-refractivity contribution is 7.98. The quantitative estimate of drug-likeness (QED) is 0.684. The number of anilines is 2. The topological polar surface area (TPSA) is 61.6 Å². The van der Waals surface area contributed by atoms with Gasteiger partial charge in [0.15, 0.2) is 5.82 Å². The van der Waals surface area contributed by atoms with Crippen LogP contribution in [-0.2, 0) is 0 Å². The van der Waals surface area contributed by atoms with Crippen molar-refractivity contribution in [3.8, 4) is 6.07 Å². The molecule has 0 aliphatic rings. The van der Waals surface area contributed by atoms with Gasteiger partial charge in [0.2, 0.25) is 0 Å². The second-order valence-corrected chi connectivity index (χ2v) is 4.94. The Morgan fingerprint density at radius 3 is 2.63 bits per heavy atom. The summed E-state index contributed by atoms with van der Waals surface area (Å²) in [4.78, 5) is 8.24. The number of nitriles is 1. The van der Waals surface area contributed by atoms with E-state index in [4.69, 9.17) is 0 Å². The van der Waals surface area contributed by atoms with Gasteiger partial charge in [0, 0.05) is 5.69 Å². The van der Waals surface area contributed by atoms with Gasteiger partial charge in [-0.2, -0.15) is 5.26 Å². The number of benzene rings is 1. The van der Waals surface area contributed by atoms with Crippen LogP contribution in [0.15, 0.2) is 29.6 Å². The van der Waals surface area contributed by atoms with Crippen LogP contribution in [0.5, 0.6) is 0 Å². The molecule has 1 aromatic carbocycles. The third kappa shape index (κ3) is 2.85. The van der Waals surface area contributed by atoms with Crippen molar-refractivity contribution in [1.29, 1.82) is 5.26 Å². The maximum atomic E-state index is 9.22. The molecule has 2 aromatic rings. The molecule has 0 spiro atoms. The number of nitrogens with zero attached hydrogens (tertiary/aromatic N) is 3. The van der Waals surface area contributed by atoms with Gasteiger partial charge in [0.1, 0.15) is 23.0 Å². The minimum absolute atomic E-state index is 0.480. The molecule has 0 amide bonds. The van der Waals surface area contributed by atoms with E-state index >= 15 is 0 Å².